The molecule has 1 N–H and O–H groups in total. The monoisotopic (exact) mass is 448 g/mol. The SMILES string of the molecule is Cc1ccccc1NC(=O)Cc1nc(CN2CCCC2c2nc3ccccc3s2)cs1. The van der Waals surface area contributed by atoms with Crippen molar-refractivity contribution in [1.29, 1.82) is 0 Å². The fraction of sp³-hybridized carbons (Fsp3) is 0.292. The highest BCUT2D eigenvalue weighted by Crippen LogP contribution is 2.37. The van der Waals surface area contributed by atoms with Crippen LogP contribution in [0.25, 0.3) is 10.2 Å². The molecule has 5 nitrogen and oxygen atoms in total. The van der Waals surface area contributed by atoms with Gasteiger partial charge in [-0.05, 0) is 50.1 Å². The van der Waals surface area contributed by atoms with Gasteiger partial charge in [0.25, 0.3) is 0 Å². The maximum Gasteiger partial charge on any atom is 0.231 e. The lowest BCUT2D eigenvalue weighted by molar-refractivity contribution is -0.115. The molecule has 5 rings (SSSR count). The van der Waals surface area contributed by atoms with Crippen LogP contribution in [0.1, 0.15) is 40.2 Å². The number of para-hydroxylation sites is 2. The van der Waals surface area contributed by atoms with Gasteiger partial charge in [0.1, 0.15) is 10.0 Å². The van der Waals surface area contributed by atoms with Crippen LogP contribution in [0.3, 0.4) is 0 Å². The minimum absolute atomic E-state index is 0.0243. The van der Waals surface area contributed by atoms with Gasteiger partial charge in [-0.25, -0.2) is 9.97 Å². The van der Waals surface area contributed by atoms with Crippen LogP contribution in [-0.2, 0) is 17.8 Å². The van der Waals surface area contributed by atoms with Crippen molar-refractivity contribution in [3.63, 3.8) is 0 Å². The molecule has 0 aliphatic carbocycles. The molecule has 2 aromatic heterocycles. The van der Waals surface area contributed by atoms with Crippen LogP contribution >= 0.6 is 22.7 Å². The van der Waals surface area contributed by atoms with E-state index in [0.717, 1.165) is 47.0 Å². The van der Waals surface area contributed by atoms with Crippen LogP contribution < -0.4 is 5.32 Å². The topological polar surface area (TPSA) is 58.1 Å². The molecular formula is C24H24N4OS2. The lowest BCUT2D eigenvalue weighted by Gasteiger charge is -2.21. The van der Waals surface area contributed by atoms with Gasteiger partial charge in [0.2, 0.25) is 5.91 Å². The predicted molar refractivity (Wildman–Crippen MR) is 128 cm³/mol. The predicted octanol–water partition coefficient (Wildman–Crippen LogP) is 5.58. The van der Waals surface area contributed by atoms with Gasteiger partial charge in [-0.15, -0.1) is 22.7 Å². The Kier molecular flexibility index (Phi) is 5.80. The maximum atomic E-state index is 12.4. The fourth-order valence-electron chi connectivity index (χ4n) is 4.08. The summed E-state index contributed by atoms with van der Waals surface area (Å²) in [6.45, 7) is 3.85. The number of aryl methyl sites for hydroxylation is 1. The van der Waals surface area contributed by atoms with Crippen LogP contribution in [0.5, 0.6) is 0 Å². The number of hydrogen-bond donors (Lipinski definition) is 1. The second kappa shape index (κ2) is 8.86. The molecule has 1 aliphatic rings. The van der Waals surface area contributed by atoms with Gasteiger partial charge in [-0.1, -0.05) is 30.3 Å². The van der Waals surface area contributed by atoms with Crippen LogP contribution in [-0.4, -0.2) is 27.3 Å². The van der Waals surface area contributed by atoms with Crippen molar-refractivity contribution < 1.29 is 4.79 Å². The number of nitrogens with one attached hydrogen (secondary N) is 1. The van der Waals surface area contributed by atoms with Gasteiger partial charge in [0.05, 0.1) is 28.4 Å². The zero-order valence-corrected chi connectivity index (χ0v) is 19.0. The first kappa shape index (κ1) is 20.3. The van der Waals surface area contributed by atoms with E-state index >= 15 is 0 Å². The van der Waals surface area contributed by atoms with E-state index in [2.05, 4.69) is 33.8 Å². The lowest BCUT2D eigenvalue weighted by atomic mass is 10.2. The number of carbonyl (C=O) groups excluding carboxylic acids is 1. The zero-order chi connectivity index (χ0) is 21.2. The summed E-state index contributed by atoms with van der Waals surface area (Å²) in [7, 11) is 0. The van der Waals surface area contributed by atoms with Crippen molar-refractivity contribution in [3.05, 3.63) is 75.2 Å². The molecule has 0 spiro atoms. The van der Waals surface area contributed by atoms with Crippen molar-refractivity contribution in [2.75, 3.05) is 11.9 Å². The average Bonchev–Trinajstić information content (AvgIpc) is 3.49. The van der Waals surface area contributed by atoms with Gasteiger partial charge >= 0.3 is 0 Å². The first-order valence-electron chi connectivity index (χ1n) is 10.5. The summed E-state index contributed by atoms with van der Waals surface area (Å²) in [5.41, 5.74) is 4.05. The number of rotatable bonds is 6. The molecule has 7 heteroatoms. The number of thiazole rings is 2. The van der Waals surface area contributed by atoms with Crippen molar-refractivity contribution >= 4 is 44.5 Å². The summed E-state index contributed by atoms with van der Waals surface area (Å²) < 4.78 is 1.25. The van der Waals surface area contributed by atoms with Gasteiger partial charge in [0, 0.05) is 17.6 Å². The summed E-state index contributed by atoms with van der Waals surface area (Å²) in [4.78, 5) is 24.6. The third-order valence-corrected chi connectivity index (χ3v) is 7.69. The molecule has 1 aliphatic heterocycles. The number of benzene rings is 2. The Morgan fingerprint density at radius 2 is 2.00 bits per heavy atom. The molecule has 0 radical (unpaired) electrons. The Morgan fingerprint density at radius 3 is 2.87 bits per heavy atom. The summed E-state index contributed by atoms with van der Waals surface area (Å²) in [5, 5.41) is 7.14. The molecule has 1 fully saturated rings. The van der Waals surface area contributed by atoms with Gasteiger partial charge in [0.15, 0.2) is 0 Å². The maximum absolute atomic E-state index is 12.4. The zero-order valence-electron chi connectivity index (χ0n) is 17.4. The van der Waals surface area contributed by atoms with E-state index in [1.165, 1.54) is 16.1 Å². The van der Waals surface area contributed by atoms with E-state index in [9.17, 15) is 4.79 Å². The van der Waals surface area contributed by atoms with Crippen molar-refractivity contribution in [3.8, 4) is 0 Å². The highest BCUT2D eigenvalue weighted by atomic mass is 32.1. The van der Waals surface area contributed by atoms with Gasteiger partial charge < -0.3 is 5.32 Å². The van der Waals surface area contributed by atoms with Gasteiger partial charge in [-0.3, -0.25) is 9.69 Å². The quantitative estimate of drug-likeness (QED) is 0.418. The third-order valence-electron chi connectivity index (χ3n) is 5.65. The smallest absolute Gasteiger partial charge is 0.231 e. The number of aromatic nitrogens is 2. The summed E-state index contributed by atoms with van der Waals surface area (Å²) in [5.74, 6) is -0.0243. The van der Waals surface area contributed by atoms with Crippen molar-refractivity contribution in [2.45, 2.75) is 38.8 Å². The number of carbonyl (C=O) groups is 1. The average molecular weight is 449 g/mol. The Labute approximate surface area is 189 Å². The number of nitrogens with zero attached hydrogens (tertiary/aromatic N) is 3. The Balaban J connectivity index is 1.23. The van der Waals surface area contributed by atoms with Crippen LogP contribution in [0.2, 0.25) is 0 Å². The first-order chi connectivity index (χ1) is 15.2. The number of hydrogen-bond acceptors (Lipinski definition) is 6. The fourth-order valence-corrected chi connectivity index (χ4v) is 6.00. The summed E-state index contributed by atoms with van der Waals surface area (Å²) in [6.07, 6.45) is 2.62. The largest absolute Gasteiger partial charge is 0.325 e. The van der Waals surface area contributed by atoms with Crippen molar-refractivity contribution in [1.82, 2.24) is 14.9 Å². The van der Waals surface area contributed by atoms with E-state index in [1.807, 2.05) is 37.3 Å². The van der Waals surface area contributed by atoms with Crippen LogP contribution in [0.4, 0.5) is 5.69 Å². The molecule has 31 heavy (non-hydrogen) atoms. The van der Waals surface area contributed by atoms with Crippen molar-refractivity contribution in [2.24, 2.45) is 0 Å². The van der Waals surface area contributed by atoms with E-state index in [-0.39, 0.29) is 5.91 Å². The molecule has 158 valence electrons. The van der Waals surface area contributed by atoms with Crippen LogP contribution in [0.15, 0.2) is 53.9 Å². The summed E-state index contributed by atoms with van der Waals surface area (Å²) >= 11 is 3.37. The lowest BCUT2D eigenvalue weighted by Crippen LogP contribution is -2.23. The number of fused-ring (bicyclic) bond motifs is 1. The standard InChI is InChI=1S/C24H24N4OS2/c1-16-7-2-3-8-18(16)26-22(29)13-23-25-17(15-30-23)14-28-12-6-10-20(28)24-27-19-9-4-5-11-21(19)31-24/h2-5,7-9,11,15,20H,6,10,12-14H2,1H3,(H,26,29). The van der Waals surface area contributed by atoms with E-state index in [0.29, 0.717) is 12.5 Å². The minimum atomic E-state index is -0.0243. The normalized spacial score (nSPS) is 16.7. The molecule has 0 saturated carbocycles. The third kappa shape index (κ3) is 4.54. The summed E-state index contributed by atoms with van der Waals surface area (Å²) in [6, 6.07) is 16.5. The minimum Gasteiger partial charge on any atom is -0.325 e. The molecule has 1 amide bonds. The van der Waals surface area contributed by atoms with Gasteiger partial charge in [-0.2, -0.15) is 0 Å². The second-order valence-electron chi connectivity index (χ2n) is 7.92. The van der Waals surface area contributed by atoms with E-state index < -0.39 is 0 Å². The first-order valence-corrected chi connectivity index (χ1v) is 12.2. The van der Waals surface area contributed by atoms with E-state index in [1.54, 1.807) is 22.7 Å². The highest BCUT2D eigenvalue weighted by Gasteiger charge is 2.29. The highest BCUT2D eigenvalue weighted by molar-refractivity contribution is 7.18. The molecule has 1 saturated heterocycles. The molecule has 1 unspecified atom stereocenters. The Hall–Kier alpha value is -2.61. The molecule has 4 aromatic rings. The number of amides is 1. The molecule has 3 heterocycles. The molecule has 2 aromatic carbocycles. The Morgan fingerprint density at radius 1 is 1.16 bits per heavy atom. The molecule has 1 atom stereocenters. The molecular weight excluding hydrogens is 424 g/mol. The number of anilines is 1. The molecule has 0 bridgehead atoms. The van der Waals surface area contributed by atoms with Crippen LogP contribution in [0, 0.1) is 6.92 Å². The number of likely N-dealkylation sites (tertiary alicyclic amines) is 1. The second-order valence-corrected chi connectivity index (χ2v) is 9.93. The van der Waals surface area contributed by atoms with E-state index in [4.69, 9.17) is 9.97 Å². The Bertz CT molecular complexity index is 1180.